The molecule has 1 N–H and O–H groups in total. The van der Waals surface area contributed by atoms with Crippen LogP contribution in [0.15, 0.2) is 76.6 Å². The molecule has 3 aromatic carbocycles. The topological polar surface area (TPSA) is 111 Å². The number of aliphatic hydroxyl groups is 1. The van der Waals surface area contributed by atoms with E-state index in [1.165, 1.54) is 33.6 Å². The summed E-state index contributed by atoms with van der Waals surface area (Å²) in [5.74, 6) is 0.491. The van der Waals surface area contributed by atoms with Gasteiger partial charge in [-0.05, 0) is 74.2 Å². The first-order valence-corrected chi connectivity index (χ1v) is 18.6. The number of hydrogen-bond acceptors (Lipinski definition) is 10. The number of aliphatic hydroxyl groups excluding tert-OH is 1. The number of nitrogens with zero attached hydrogens (tertiary/aromatic N) is 3. The van der Waals surface area contributed by atoms with Gasteiger partial charge < -0.3 is 19.3 Å². The molecule has 0 radical (unpaired) electrons. The Morgan fingerprint density at radius 2 is 1.59 bits per heavy atom. The van der Waals surface area contributed by atoms with Crippen LogP contribution in [0.25, 0.3) is 5.76 Å². The Hall–Kier alpha value is -4.35. The standard InChI is InChI=1S/C38H43N3O6S2/c1-5-8-10-22-47-30-20-17-28(23-31(30)45-7-3)33-32(34(42)27-15-18-29(19-16-27)46-21-9-6-2)35(43)36(44)41(33)37-39-40-38(49-37)48-24-26-13-11-25(4)12-14-26/h11-20,23,33,42H,5-10,21-22,24H2,1-4H3. The van der Waals surface area contributed by atoms with E-state index in [0.29, 0.717) is 58.3 Å². The molecule has 1 atom stereocenters. The van der Waals surface area contributed by atoms with Gasteiger partial charge in [-0.25, -0.2) is 0 Å². The monoisotopic (exact) mass is 701 g/mol. The number of carbonyl (C=O) groups is 2. The van der Waals surface area contributed by atoms with Crippen LogP contribution in [0.1, 0.15) is 81.2 Å². The SMILES string of the molecule is CCCCCOc1ccc(C2C(=C(O)c3ccc(OCCCC)cc3)C(=O)C(=O)N2c2nnc(SCc3ccc(C)cc3)s2)cc1OCC. The average molecular weight is 702 g/mol. The highest BCUT2D eigenvalue weighted by Gasteiger charge is 2.48. The lowest BCUT2D eigenvalue weighted by molar-refractivity contribution is -0.132. The summed E-state index contributed by atoms with van der Waals surface area (Å²) < 4.78 is 18.5. The first-order chi connectivity index (χ1) is 23.8. The van der Waals surface area contributed by atoms with E-state index in [4.69, 9.17) is 14.2 Å². The number of unbranched alkanes of at least 4 members (excludes halogenated alkanes) is 3. The molecule has 0 spiro atoms. The molecule has 1 aliphatic heterocycles. The van der Waals surface area contributed by atoms with Crippen molar-refractivity contribution in [2.45, 2.75) is 75.9 Å². The maximum atomic E-state index is 13.8. The number of ether oxygens (including phenoxy) is 3. The Kier molecular flexibility index (Phi) is 12.7. The molecule has 4 aromatic rings. The Labute approximate surface area is 296 Å². The third kappa shape index (κ3) is 8.82. The van der Waals surface area contributed by atoms with Crippen molar-refractivity contribution in [3.63, 3.8) is 0 Å². The lowest BCUT2D eigenvalue weighted by Gasteiger charge is -2.23. The second kappa shape index (κ2) is 17.3. The maximum absolute atomic E-state index is 13.8. The number of carbonyl (C=O) groups excluding carboxylic acids is 2. The molecule has 1 aromatic heterocycles. The molecule has 11 heteroatoms. The van der Waals surface area contributed by atoms with Crippen molar-refractivity contribution in [2.24, 2.45) is 0 Å². The van der Waals surface area contributed by atoms with Crippen LogP contribution in [0.2, 0.25) is 0 Å². The van der Waals surface area contributed by atoms with Gasteiger partial charge in [-0.3, -0.25) is 14.5 Å². The summed E-state index contributed by atoms with van der Waals surface area (Å²) in [6.45, 7) is 9.66. The Morgan fingerprint density at radius 1 is 0.857 bits per heavy atom. The van der Waals surface area contributed by atoms with Crippen LogP contribution in [0.5, 0.6) is 17.2 Å². The molecule has 1 aliphatic rings. The molecular formula is C38H43N3O6S2. The molecule has 5 rings (SSSR count). The zero-order valence-corrected chi connectivity index (χ0v) is 30.1. The quantitative estimate of drug-likeness (QED) is 0.0288. The van der Waals surface area contributed by atoms with Crippen molar-refractivity contribution < 1.29 is 28.9 Å². The maximum Gasteiger partial charge on any atom is 0.301 e. The first kappa shape index (κ1) is 35.9. The van der Waals surface area contributed by atoms with Crippen LogP contribution in [0, 0.1) is 6.92 Å². The molecule has 0 saturated carbocycles. The Morgan fingerprint density at radius 3 is 2.31 bits per heavy atom. The van der Waals surface area contributed by atoms with Crippen molar-refractivity contribution in [2.75, 3.05) is 24.7 Å². The van der Waals surface area contributed by atoms with Crippen LogP contribution in [0.3, 0.4) is 0 Å². The van der Waals surface area contributed by atoms with Gasteiger partial charge in [0.1, 0.15) is 11.5 Å². The summed E-state index contributed by atoms with van der Waals surface area (Å²) in [4.78, 5) is 29.0. The highest BCUT2D eigenvalue weighted by molar-refractivity contribution is 8.00. The van der Waals surface area contributed by atoms with E-state index < -0.39 is 17.7 Å². The van der Waals surface area contributed by atoms with E-state index in [-0.39, 0.29) is 16.5 Å². The lowest BCUT2D eigenvalue weighted by Crippen LogP contribution is -2.29. The molecule has 1 fully saturated rings. The third-order valence-electron chi connectivity index (χ3n) is 8.01. The van der Waals surface area contributed by atoms with Crippen LogP contribution in [0.4, 0.5) is 5.13 Å². The van der Waals surface area contributed by atoms with E-state index in [1.54, 1.807) is 42.5 Å². The number of rotatable bonds is 17. The smallest absolute Gasteiger partial charge is 0.301 e. The number of hydrogen-bond donors (Lipinski definition) is 1. The van der Waals surface area contributed by atoms with E-state index in [0.717, 1.165) is 37.7 Å². The highest BCUT2D eigenvalue weighted by Crippen LogP contribution is 2.46. The summed E-state index contributed by atoms with van der Waals surface area (Å²) in [6.07, 6.45) is 4.97. The number of benzene rings is 3. The van der Waals surface area contributed by atoms with E-state index in [9.17, 15) is 14.7 Å². The van der Waals surface area contributed by atoms with Gasteiger partial charge in [-0.1, -0.05) is 92.1 Å². The number of amides is 1. The number of aromatic nitrogens is 2. The predicted octanol–water partition coefficient (Wildman–Crippen LogP) is 8.91. The average Bonchev–Trinajstić information content (AvgIpc) is 3.68. The zero-order valence-electron chi connectivity index (χ0n) is 28.4. The Bertz CT molecular complexity index is 1750. The molecule has 1 amide bonds. The summed E-state index contributed by atoms with van der Waals surface area (Å²) >= 11 is 2.73. The normalized spacial score (nSPS) is 15.5. The van der Waals surface area contributed by atoms with E-state index >= 15 is 0 Å². The van der Waals surface area contributed by atoms with Gasteiger partial charge in [-0.15, -0.1) is 10.2 Å². The minimum atomic E-state index is -0.989. The van der Waals surface area contributed by atoms with E-state index in [2.05, 4.69) is 48.3 Å². The van der Waals surface area contributed by atoms with Crippen molar-refractivity contribution in [3.8, 4) is 17.2 Å². The first-order valence-electron chi connectivity index (χ1n) is 16.8. The fourth-order valence-electron chi connectivity index (χ4n) is 5.35. The highest BCUT2D eigenvalue weighted by atomic mass is 32.2. The minimum absolute atomic E-state index is 0.0484. The third-order valence-corrected chi connectivity index (χ3v) is 10.1. The largest absolute Gasteiger partial charge is 0.507 e. The lowest BCUT2D eigenvalue weighted by atomic mass is 9.95. The van der Waals surface area contributed by atoms with Crippen LogP contribution >= 0.6 is 23.1 Å². The molecule has 49 heavy (non-hydrogen) atoms. The van der Waals surface area contributed by atoms with Gasteiger partial charge in [0.25, 0.3) is 5.78 Å². The molecule has 9 nitrogen and oxygen atoms in total. The molecule has 258 valence electrons. The van der Waals surface area contributed by atoms with Crippen molar-refractivity contribution >= 4 is 45.7 Å². The second-order valence-electron chi connectivity index (χ2n) is 11.7. The molecule has 1 unspecified atom stereocenters. The van der Waals surface area contributed by atoms with Crippen LogP contribution in [-0.2, 0) is 15.3 Å². The fourth-order valence-corrected chi connectivity index (χ4v) is 7.17. The minimum Gasteiger partial charge on any atom is -0.507 e. The summed E-state index contributed by atoms with van der Waals surface area (Å²) in [5, 5.41) is 20.6. The van der Waals surface area contributed by atoms with Crippen molar-refractivity contribution in [3.05, 3.63) is 94.6 Å². The number of aryl methyl sites for hydroxylation is 1. The number of thioether (sulfide) groups is 1. The molecule has 2 heterocycles. The van der Waals surface area contributed by atoms with Crippen LogP contribution < -0.4 is 19.1 Å². The number of Topliss-reactive ketones (excluding diaryl/α,β-unsaturated/α-hetero) is 1. The van der Waals surface area contributed by atoms with Gasteiger partial charge in [0.15, 0.2) is 15.8 Å². The zero-order chi connectivity index (χ0) is 34.8. The van der Waals surface area contributed by atoms with Crippen LogP contribution in [-0.4, -0.2) is 46.8 Å². The van der Waals surface area contributed by atoms with Crippen molar-refractivity contribution in [1.29, 1.82) is 0 Å². The van der Waals surface area contributed by atoms with Gasteiger partial charge in [-0.2, -0.15) is 0 Å². The van der Waals surface area contributed by atoms with Gasteiger partial charge in [0.05, 0.1) is 31.4 Å². The van der Waals surface area contributed by atoms with E-state index in [1.807, 2.05) is 13.8 Å². The second-order valence-corrected chi connectivity index (χ2v) is 13.9. The predicted molar refractivity (Wildman–Crippen MR) is 195 cm³/mol. The molecule has 1 saturated heterocycles. The summed E-state index contributed by atoms with van der Waals surface area (Å²) in [7, 11) is 0. The van der Waals surface area contributed by atoms with Crippen molar-refractivity contribution in [1.82, 2.24) is 10.2 Å². The van der Waals surface area contributed by atoms with Gasteiger partial charge in [0, 0.05) is 11.3 Å². The van der Waals surface area contributed by atoms with Gasteiger partial charge in [0.2, 0.25) is 5.13 Å². The number of ketones is 1. The van der Waals surface area contributed by atoms with Gasteiger partial charge >= 0.3 is 5.91 Å². The number of anilines is 1. The summed E-state index contributed by atoms with van der Waals surface area (Å²) in [6, 6.07) is 19.5. The fraction of sp³-hybridized carbons (Fsp3) is 0.368. The molecule has 0 aliphatic carbocycles. The molecular weight excluding hydrogens is 659 g/mol. The Balaban J connectivity index is 1.52. The summed E-state index contributed by atoms with van der Waals surface area (Å²) in [5.41, 5.74) is 3.22. The molecule has 0 bridgehead atoms.